The monoisotopic (exact) mass is 293 g/mol. The molecule has 5 nitrogen and oxygen atoms in total. The van der Waals surface area contributed by atoms with E-state index in [2.05, 4.69) is 16.9 Å². The van der Waals surface area contributed by atoms with E-state index in [9.17, 15) is 5.11 Å². The zero-order chi connectivity index (χ0) is 15.0. The summed E-state index contributed by atoms with van der Waals surface area (Å²) in [6.45, 7) is 7.94. The van der Waals surface area contributed by atoms with E-state index in [4.69, 9.17) is 4.74 Å². The van der Waals surface area contributed by atoms with Crippen LogP contribution in [0.25, 0.3) is 0 Å². The Balaban J connectivity index is 1.59. The van der Waals surface area contributed by atoms with Gasteiger partial charge in [-0.2, -0.15) is 5.10 Å². The van der Waals surface area contributed by atoms with Gasteiger partial charge in [0.1, 0.15) is 0 Å². The van der Waals surface area contributed by atoms with Crippen LogP contribution in [-0.2, 0) is 18.3 Å². The van der Waals surface area contributed by atoms with E-state index in [1.165, 1.54) is 11.3 Å². The van der Waals surface area contributed by atoms with Crippen LogP contribution in [0.1, 0.15) is 37.4 Å². The molecular formula is C16H27N3O2. The molecule has 0 radical (unpaired) electrons. The molecule has 21 heavy (non-hydrogen) atoms. The second kappa shape index (κ2) is 5.71. The first-order chi connectivity index (χ1) is 10.1. The lowest BCUT2D eigenvalue weighted by molar-refractivity contribution is -0.209. The predicted octanol–water partition coefficient (Wildman–Crippen LogP) is 1.48. The van der Waals surface area contributed by atoms with Gasteiger partial charge >= 0.3 is 0 Å². The molecule has 2 heterocycles. The summed E-state index contributed by atoms with van der Waals surface area (Å²) in [5.74, 6) is 0. The van der Waals surface area contributed by atoms with Gasteiger partial charge in [-0.25, -0.2) is 0 Å². The molecule has 5 heteroatoms. The minimum absolute atomic E-state index is 0.0243. The van der Waals surface area contributed by atoms with Gasteiger partial charge in [0, 0.05) is 43.3 Å². The molecule has 2 atom stereocenters. The van der Waals surface area contributed by atoms with Crippen LogP contribution in [0.5, 0.6) is 0 Å². The van der Waals surface area contributed by atoms with Crippen LogP contribution < -0.4 is 0 Å². The van der Waals surface area contributed by atoms with Crippen molar-refractivity contribution in [2.24, 2.45) is 12.5 Å². The molecule has 0 amide bonds. The molecule has 2 aliphatic rings. The van der Waals surface area contributed by atoms with Crippen molar-refractivity contribution in [3.8, 4) is 0 Å². The topological polar surface area (TPSA) is 50.5 Å². The Labute approximate surface area is 126 Å². The van der Waals surface area contributed by atoms with Gasteiger partial charge in [-0.3, -0.25) is 9.58 Å². The van der Waals surface area contributed by atoms with Crippen LogP contribution in [0, 0.1) is 12.3 Å². The van der Waals surface area contributed by atoms with Gasteiger partial charge < -0.3 is 9.84 Å². The van der Waals surface area contributed by atoms with Crippen molar-refractivity contribution in [2.45, 2.75) is 51.9 Å². The van der Waals surface area contributed by atoms with Gasteiger partial charge in [-0.1, -0.05) is 0 Å². The Morgan fingerprint density at radius 1 is 1.43 bits per heavy atom. The highest BCUT2D eigenvalue weighted by atomic mass is 16.5. The van der Waals surface area contributed by atoms with Crippen LogP contribution in [-0.4, -0.2) is 51.7 Å². The number of aryl methyl sites for hydroxylation is 1. The van der Waals surface area contributed by atoms with Crippen LogP contribution in [0.4, 0.5) is 0 Å². The number of aromatic nitrogens is 2. The number of aliphatic hydroxyl groups excluding tert-OH is 1. The Morgan fingerprint density at radius 2 is 2.14 bits per heavy atom. The fourth-order valence-corrected chi connectivity index (χ4v) is 3.88. The highest BCUT2D eigenvalue weighted by Gasteiger charge is 2.55. The smallest absolute Gasteiger partial charge is 0.0681 e. The molecule has 1 aliphatic heterocycles. The van der Waals surface area contributed by atoms with E-state index < -0.39 is 0 Å². The molecule has 1 N–H and O–H groups in total. The summed E-state index contributed by atoms with van der Waals surface area (Å²) in [6.07, 6.45) is 4.96. The molecule has 1 aromatic rings. The van der Waals surface area contributed by atoms with E-state index >= 15 is 0 Å². The summed E-state index contributed by atoms with van der Waals surface area (Å²) in [5, 5.41) is 14.5. The SMILES string of the molecule is CCOC1CC(O)C12CCN(Cc1cnn(C)c1C)CC2. The summed E-state index contributed by atoms with van der Waals surface area (Å²) >= 11 is 0. The fraction of sp³-hybridized carbons (Fsp3) is 0.812. The molecule has 1 aromatic heterocycles. The summed E-state index contributed by atoms with van der Waals surface area (Å²) < 4.78 is 7.76. The normalized spacial score (nSPS) is 28.8. The lowest BCUT2D eigenvalue weighted by atomic mass is 9.58. The van der Waals surface area contributed by atoms with Gasteiger partial charge in [0.15, 0.2) is 0 Å². The van der Waals surface area contributed by atoms with Gasteiger partial charge in [-0.05, 0) is 39.8 Å². The Bertz CT molecular complexity index is 490. The van der Waals surface area contributed by atoms with Gasteiger partial charge in [0.2, 0.25) is 0 Å². The quantitative estimate of drug-likeness (QED) is 0.913. The van der Waals surface area contributed by atoms with Crippen LogP contribution >= 0.6 is 0 Å². The van der Waals surface area contributed by atoms with Crippen molar-refractivity contribution in [1.82, 2.24) is 14.7 Å². The minimum atomic E-state index is -0.170. The number of hydrogen-bond donors (Lipinski definition) is 1. The molecule has 1 spiro atoms. The third kappa shape index (κ3) is 2.51. The molecule has 0 aromatic carbocycles. The van der Waals surface area contributed by atoms with Crippen molar-refractivity contribution in [2.75, 3.05) is 19.7 Å². The summed E-state index contributed by atoms with van der Waals surface area (Å²) in [5.41, 5.74) is 2.58. The van der Waals surface area contributed by atoms with E-state index in [-0.39, 0.29) is 17.6 Å². The molecule has 3 rings (SSSR count). The van der Waals surface area contributed by atoms with Gasteiger partial charge in [0.05, 0.1) is 18.4 Å². The second-order valence-electron chi connectivity index (χ2n) is 6.58. The summed E-state index contributed by atoms with van der Waals surface area (Å²) in [4.78, 5) is 2.48. The van der Waals surface area contributed by atoms with Gasteiger partial charge in [-0.15, -0.1) is 0 Å². The molecule has 0 bridgehead atoms. The molecule has 118 valence electrons. The maximum absolute atomic E-state index is 10.2. The maximum atomic E-state index is 10.2. The Hall–Kier alpha value is -0.910. The molecular weight excluding hydrogens is 266 g/mol. The summed E-state index contributed by atoms with van der Waals surface area (Å²) in [7, 11) is 1.99. The third-order valence-corrected chi connectivity index (χ3v) is 5.63. The lowest BCUT2D eigenvalue weighted by Gasteiger charge is -2.56. The Morgan fingerprint density at radius 3 is 2.67 bits per heavy atom. The van der Waals surface area contributed by atoms with Crippen molar-refractivity contribution in [3.63, 3.8) is 0 Å². The number of ether oxygens (including phenoxy) is 1. The maximum Gasteiger partial charge on any atom is 0.0681 e. The van der Waals surface area contributed by atoms with Crippen molar-refractivity contribution < 1.29 is 9.84 Å². The van der Waals surface area contributed by atoms with E-state index in [1.54, 1.807) is 0 Å². The van der Waals surface area contributed by atoms with Crippen LogP contribution in [0.2, 0.25) is 0 Å². The van der Waals surface area contributed by atoms with Crippen molar-refractivity contribution in [1.29, 1.82) is 0 Å². The largest absolute Gasteiger partial charge is 0.392 e. The van der Waals surface area contributed by atoms with E-state index in [0.29, 0.717) is 0 Å². The van der Waals surface area contributed by atoms with Gasteiger partial charge in [0.25, 0.3) is 0 Å². The number of piperidine rings is 1. The number of nitrogens with zero attached hydrogens (tertiary/aromatic N) is 3. The van der Waals surface area contributed by atoms with Crippen molar-refractivity contribution >= 4 is 0 Å². The zero-order valence-corrected chi connectivity index (χ0v) is 13.4. The molecule has 1 saturated carbocycles. The Kier molecular flexibility index (Phi) is 4.08. The first-order valence-corrected chi connectivity index (χ1v) is 8.06. The highest BCUT2D eigenvalue weighted by Crippen LogP contribution is 2.51. The lowest BCUT2D eigenvalue weighted by Crippen LogP contribution is -2.62. The number of aliphatic hydroxyl groups is 1. The minimum Gasteiger partial charge on any atom is -0.392 e. The predicted molar refractivity (Wildman–Crippen MR) is 80.9 cm³/mol. The molecule has 2 fully saturated rings. The average Bonchev–Trinajstić information content (AvgIpc) is 2.80. The standard InChI is InChI=1S/C16H27N3O2/c1-4-21-15-9-14(20)16(15)5-7-19(8-6-16)11-13-10-17-18(3)12(13)2/h10,14-15,20H,4-9,11H2,1-3H3. The third-order valence-electron chi connectivity index (χ3n) is 5.63. The summed E-state index contributed by atoms with van der Waals surface area (Å²) in [6, 6.07) is 0. The fourth-order valence-electron chi connectivity index (χ4n) is 3.88. The highest BCUT2D eigenvalue weighted by molar-refractivity contribution is 5.16. The van der Waals surface area contributed by atoms with E-state index in [1.807, 2.05) is 24.9 Å². The number of likely N-dealkylation sites (tertiary alicyclic amines) is 1. The van der Waals surface area contributed by atoms with E-state index in [0.717, 1.165) is 45.5 Å². The van der Waals surface area contributed by atoms with Crippen LogP contribution in [0.3, 0.4) is 0 Å². The average molecular weight is 293 g/mol. The first kappa shape index (κ1) is 15.0. The number of hydrogen-bond acceptors (Lipinski definition) is 4. The molecule has 1 aliphatic carbocycles. The second-order valence-corrected chi connectivity index (χ2v) is 6.58. The van der Waals surface area contributed by atoms with Crippen LogP contribution in [0.15, 0.2) is 6.20 Å². The number of rotatable bonds is 4. The first-order valence-electron chi connectivity index (χ1n) is 8.06. The zero-order valence-electron chi connectivity index (χ0n) is 13.4. The molecule has 1 saturated heterocycles. The van der Waals surface area contributed by atoms with Crippen molar-refractivity contribution in [3.05, 3.63) is 17.5 Å². The molecule has 2 unspecified atom stereocenters.